The summed E-state index contributed by atoms with van der Waals surface area (Å²) in [5, 5.41) is 4.71. The summed E-state index contributed by atoms with van der Waals surface area (Å²) in [6.45, 7) is 5.79. The van der Waals surface area contributed by atoms with Gasteiger partial charge in [0.1, 0.15) is 0 Å². The Hall–Kier alpha value is -3.55. The van der Waals surface area contributed by atoms with Crippen LogP contribution >= 0.6 is 0 Å². The number of carbonyl (C=O) groups is 3. The van der Waals surface area contributed by atoms with E-state index in [0.717, 1.165) is 24.0 Å². The van der Waals surface area contributed by atoms with Gasteiger partial charge in [-0.25, -0.2) is 9.59 Å². The molecular formula is C23H28N2O6. The zero-order valence-electron chi connectivity index (χ0n) is 18.2. The Morgan fingerprint density at radius 2 is 1.77 bits per heavy atom. The van der Waals surface area contributed by atoms with Gasteiger partial charge in [-0.1, -0.05) is 31.0 Å². The number of methoxy groups -OCH3 is 1. The lowest BCUT2D eigenvalue weighted by Gasteiger charge is -2.12. The third-order valence-electron chi connectivity index (χ3n) is 4.37. The van der Waals surface area contributed by atoms with Crippen molar-refractivity contribution < 1.29 is 28.6 Å². The zero-order valence-corrected chi connectivity index (χ0v) is 18.2. The quantitative estimate of drug-likeness (QED) is 0.462. The maximum Gasteiger partial charge on any atom is 0.338 e. The first-order chi connectivity index (χ1) is 14.8. The molecule has 2 N–H and O–H groups in total. The Morgan fingerprint density at radius 1 is 1.00 bits per heavy atom. The smallest absolute Gasteiger partial charge is 0.338 e. The van der Waals surface area contributed by atoms with Crippen molar-refractivity contribution in [2.45, 2.75) is 33.6 Å². The summed E-state index contributed by atoms with van der Waals surface area (Å²) in [5.41, 5.74) is 2.71. The normalized spacial score (nSPS) is 10.2. The number of imide groups is 1. The third kappa shape index (κ3) is 7.33. The largest absolute Gasteiger partial charge is 0.493 e. The number of carbonyl (C=O) groups excluding carboxylic acids is 3. The summed E-state index contributed by atoms with van der Waals surface area (Å²) < 4.78 is 15.9. The van der Waals surface area contributed by atoms with E-state index in [1.165, 1.54) is 19.2 Å². The van der Waals surface area contributed by atoms with Gasteiger partial charge in [-0.15, -0.1) is 0 Å². The van der Waals surface area contributed by atoms with Gasteiger partial charge in [-0.3, -0.25) is 10.1 Å². The van der Waals surface area contributed by atoms with Crippen LogP contribution in [0.25, 0.3) is 0 Å². The number of unbranched alkanes of at least 4 members (excludes halogenated alkanes) is 1. The number of rotatable bonds is 9. The maximum absolute atomic E-state index is 12.2. The van der Waals surface area contributed by atoms with Crippen LogP contribution in [0.15, 0.2) is 36.4 Å². The fraction of sp³-hybridized carbons (Fsp3) is 0.348. The van der Waals surface area contributed by atoms with Gasteiger partial charge in [0.15, 0.2) is 18.1 Å². The van der Waals surface area contributed by atoms with E-state index in [1.807, 2.05) is 26.0 Å². The molecule has 0 aliphatic carbocycles. The first-order valence-corrected chi connectivity index (χ1v) is 10.00. The number of benzene rings is 2. The lowest BCUT2D eigenvalue weighted by Crippen LogP contribution is -2.37. The van der Waals surface area contributed by atoms with E-state index in [4.69, 9.17) is 14.2 Å². The topological polar surface area (TPSA) is 103 Å². The van der Waals surface area contributed by atoms with E-state index >= 15 is 0 Å². The standard InChI is InChI=1S/C23H28N2O6/c1-5-6-11-30-19-10-8-17(13-20(19)29-4)22(27)31-14-21(26)25-23(28)24-18-9-7-15(2)12-16(18)3/h7-10,12-13H,5-6,11,14H2,1-4H3,(H2,24,25,26,28). The predicted octanol–water partition coefficient (Wildman–Crippen LogP) is 4.00. The Balaban J connectivity index is 1.86. The molecule has 3 amide bonds. The van der Waals surface area contributed by atoms with Crippen LogP contribution in [0.1, 0.15) is 41.3 Å². The first kappa shape index (κ1) is 23.7. The number of hydrogen-bond acceptors (Lipinski definition) is 6. The number of aryl methyl sites for hydroxylation is 2. The Kier molecular flexibility index (Phi) is 8.87. The highest BCUT2D eigenvalue weighted by Crippen LogP contribution is 2.28. The van der Waals surface area contributed by atoms with Gasteiger partial charge in [0, 0.05) is 5.69 Å². The number of hydrogen-bond donors (Lipinski definition) is 2. The highest BCUT2D eigenvalue weighted by atomic mass is 16.5. The molecule has 2 rings (SSSR count). The SMILES string of the molecule is CCCCOc1ccc(C(=O)OCC(=O)NC(=O)Nc2ccc(C)cc2C)cc1OC. The van der Waals surface area contributed by atoms with E-state index in [1.54, 1.807) is 12.1 Å². The van der Waals surface area contributed by atoms with Crippen LogP contribution in [0, 0.1) is 13.8 Å². The van der Waals surface area contributed by atoms with Crippen LogP contribution in [-0.2, 0) is 9.53 Å². The molecule has 0 spiro atoms. The number of nitrogens with one attached hydrogen (secondary N) is 2. The average molecular weight is 428 g/mol. The molecule has 0 saturated heterocycles. The van der Waals surface area contributed by atoms with Crippen molar-refractivity contribution in [2.75, 3.05) is 25.6 Å². The molecule has 0 unspecified atom stereocenters. The Bertz CT molecular complexity index is 942. The number of ether oxygens (including phenoxy) is 3. The van der Waals surface area contributed by atoms with Gasteiger partial charge in [0.25, 0.3) is 5.91 Å². The van der Waals surface area contributed by atoms with Crippen LogP contribution in [0.3, 0.4) is 0 Å². The van der Waals surface area contributed by atoms with Gasteiger partial charge in [0.05, 0.1) is 19.3 Å². The third-order valence-corrected chi connectivity index (χ3v) is 4.37. The Morgan fingerprint density at radius 3 is 2.45 bits per heavy atom. The molecular weight excluding hydrogens is 400 g/mol. The summed E-state index contributed by atoms with van der Waals surface area (Å²) in [5.74, 6) is -0.554. The van der Waals surface area contributed by atoms with Crippen molar-refractivity contribution in [3.05, 3.63) is 53.1 Å². The highest BCUT2D eigenvalue weighted by Gasteiger charge is 2.15. The Labute approximate surface area is 181 Å². The maximum atomic E-state index is 12.2. The van der Waals surface area contributed by atoms with E-state index < -0.39 is 24.5 Å². The highest BCUT2D eigenvalue weighted by molar-refractivity contribution is 6.02. The van der Waals surface area contributed by atoms with Crippen molar-refractivity contribution in [3.63, 3.8) is 0 Å². The second kappa shape index (κ2) is 11.6. The van der Waals surface area contributed by atoms with Gasteiger partial charge in [-0.2, -0.15) is 0 Å². The molecule has 2 aromatic carbocycles. The molecule has 0 bridgehead atoms. The first-order valence-electron chi connectivity index (χ1n) is 10.00. The minimum Gasteiger partial charge on any atom is -0.493 e. The molecule has 0 aromatic heterocycles. The number of amides is 3. The minimum absolute atomic E-state index is 0.201. The lowest BCUT2D eigenvalue weighted by atomic mass is 10.1. The molecule has 0 heterocycles. The number of urea groups is 1. The fourth-order valence-electron chi connectivity index (χ4n) is 2.72. The minimum atomic E-state index is -0.748. The van der Waals surface area contributed by atoms with Crippen molar-refractivity contribution in [1.29, 1.82) is 0 Å². The van der Waals surface area contributed by atoms with Crippen molar-refractivity contribution >= 4 is 23.6 Å². The number of anilines is 1. The second-order valence-corrected chi connectivity index (χ2v) is 6.96. The molecule has 166 valence electrons. The zero-order chi connectivity index (χ0) is 22.8. The molecule has 8 nitrogen and oxygen atoms in total. The molecule has 8 heteroatoms. The van der Waals surface area contributed by atoms with Gasteiger partial charge >= 0.3 is 12.0 Å². The molecule has 31 heavy (non-hydrogen) atoms. The van der Waals surface area contributed by atoms with Crippen LogP contribution in [0.2, 0.25) is 0 Å². The van der Waals surface area contributed by atoms with Crippen LogP contribution in [0.5, 0.6) is 11.5 Å². The summed E-state index contributed by atoms with van der Waals surface area (Å²) in [7, 11) is 1.47. The van der Waals surface area contributed by atoms with Gasteiger partial charge < -0.3 is 19.5 Å². The molecule has 0 atom stereocenters. The van der Waals surface area contributed by atoms with E-state index in [9.17, 15) is 14.4 Å². The summed E-state index contributed by atoms with van der Waals surface area (Å²) in [4.78, 5) is 36.2. The second-order valence-electron chi connectivity index (χ2n) is 6.96. The van der Waals surface area contributed by atoms with Gasteiger partial charge in [-0.05, 0) is 50.1 Å². The van der Waals surface area contributed by atoms with Gasteiger partial charge in [0.2, 0.25) is 0 Å². The van der Waals surface area contributed by atoms with Crippen molar-refractivity contribution in [3.8, 4) is 11.5 Å². The molecule has 0 radical (unpaired) electrons. The summed E-state index contributed by atoms with van der Waals surface area (Å²) in [6.07, 6.45) is 1.90. The molecule has 0 aliphatic heterocycles. The van der Waals surface area contributed by atoms with Crippen LogP contribution < -0.4 is 20.1 Å². The van der Waals surface area contributed by atoms with Crippen molar-refractivity contribution in [2.24, 2.45) is 0 Å². The van der Waals surface area contributed by atoms with Crippen LogP contribution in [0.4, 0.5) is 10.5 Å². The molecule has 0 saturated carbocycles. The summed E-state index contributed by atoms with van der Waals surface area (Å²) in [6, 6.07) is 9.42. The number of esters is 1. The fourth-order valence-corrected chi connectivity index (χ4v) is 2.72. The van der Waals surface area contributed by atoms with E-state index in [-0.39, 0.29) is 5.56 Å². The average Bonchev–Trinajstić information content (AvgIpc) is 2.74. The molecule has 2 aromatic rings. The van der Waals surface area contributed by atoms with Crippen molar-refractivity contribution in [1.82, 2.24) is 5.32 Å². The van der Waals surface area contributed by atoms with E-state index in [0.29, 0.717) is 23.8 Å². The molecule has 0 aliphatic rings. The van der Waals surface area contributed by atoms with E-state index in [2.05, 4.69) is 17.6 Å². The molecule has 0 fully saturated rings. The monoisotopic (exact) mass is 428 g/mol. The summed E-state index contributed by atoms with van der Waals surface area (Å²) >= 11 is 0. The van der Waals surface area contributed by atoms with Crippen LogP contribution in [-0.4, -0.2) is 38.2 Å². The predicted molar refractivity (Wildman–Crippen MR) is 117 cm³/mol. The lowest BCUT2D eigenvalue weighted by molar-refractivity contribution is -0.123.